The van der Waals surface area contributed by atoms with E-state index in [1.165, 1.54) is 0 Å². The zero-order valence-electron chi connectivity index (χ0n) is 11.4. The van der Waals surface area contributed by atoms with Crippen LogP contribution in [0.4, 0.5) is 5.95 Å². The van der Waals surface area contributed by atoms with E-state index in [1.807, 2.05) is 6.07 Å². The number of nitrogens with two attached hydrogens (primary N) is 1. The molecule has 0 saturated carbocycles. The van der Waals surface area contributed by atoms with Crippen molar-refractivity contribution in [2.75, 3.05) is 12.3 Å². The monoisotopic (exact) mass is 283 g/mol. The average Bonchev–Trinajstić information content (AvgIpc) is 2.86. The lowest BCUT2D eigenvalue weighted by Crippen LogP contribution is -2.04. The van der Waals surface area contributed by atoms with E-state index >= 15 is 0 Å². The molecular formula is C14H13N5O2. The van der Waals surface area contributed by atoms with E-state index in [0.717, 1.165) is 5.56 Å². The van der Waals surface area contributed by atoms with Crippen LogP contribution in [-0.2, 0) is 4.74 Å². The Labute approximate surface area is 120 Å². The molecule has 0 fully saturated rings. The first kappa shape index (κ1) is 13.0. The van der Waals surface area contributed by atoms with E-state index in [9.17, 15) is 4.79 Å². The van der Waals surface area contributed by atoms with Gasteiger partial charge in [-0.25, -0.2) is 9.31 Å². The van der Waals surface area contributed by atoms with Crippen molar-refractivity contribution in [3.63, 3.8) is 0 Å². The molecule has 0 aliphatic carbocycles. The first-order valence-corrected chi connectivity index (χ1v) is 6.43. The molecule has 7 nitrogen and oxygen atoms in total. The highest BCUT2D eigenvalue weighted by atomic mass is 16.5. The summed E-state index contributed by atoms with van der Waals surface area (Å²) in [6.07, 6.45) is 3.29. The molecule has 0 radical (unpaired) electrons. The Morgan fingerprint density at radius 1 is 1.43 bits per heavy atom. The lowest BCUT2D eigenvalue weighted by Gasteiger charge is -2.05. The second-order valence-electron chi connectivity index (χ2n) is 4.35. The summed E-state index contributed by atoms with van der Waals surface area (Å²) in [5, 5.41) is 4.04. The molecule has 3 aromatic rings. The van der Waals surface area contributed by atoms with Crippen molar-refractivity contribution < 1.29 is 9.53 Å². The van der Waals surface area contributed by atoms with E-state index in [2.05, 4.69) is 15.1 Å². The molecule has 0 atom stereocenters. The topological polar surface area (TPSA) is 95.4 Å². The number of nitrogens with zero attached hydrogens (tertiary/aromatic N) is 4. The fourth-order valence-corrected chi connectivity index (χ4v) is 1.98. The number of fused-ring (bicyclic) bond motifs is 1. The highest BCUT2D eigenvalue weighted by molar-refractivity contribution is 5.90. The zero-order valence-corrected chi connectivity index (χ0v) is 11.4. The first-order valence-electron chi connectivity index (χ1n) is 6.43. The fraction of sp³-hybridized carbons (Fsp3) is 0.143. The molecule has 0 aliphatic rings. The number of anilines is 1. The number of hydrogen-bond donors (Lipinski definition) is 1. The van der Waals surface area contributed by atoms with Crippen molar-refractivity contribution in [2.24, 2.45) is 0 Å². The van der Waals surface area contributed by atoms with Gasteiger partial charge < -0.3 is 10.5 Å². The summed E-state index contributed by atoms with van der Waals surface area (Å²) in [5.74, 6) is -0.167. The third kappa shape index (κ3) is 2.53. The van der Waals surface area contributed by atoms with Gasteiger partial charge in [0, 0.05) is 5.56 Å². The molecule has 0 bridgehead atoms. The minimum Gasteiger partial charge on any atom is -0.462 e. The number of carbonyl (C=O) groups excluding carboxylic acids is 1. The Balaban J connectivity index is 2.01. The molecule has 2 heterocycles. The summed E-state index contributed by atoms with van der Waals surface area (Å²) in [5.41, 5.74) is 8.05. The van der Waals surface area contributed by atoms with Gasteiger partial charge in [-0.3, -0.25) is 4.98 Å². The van der Waals surface area contributed by atoms with Crippen molar-refractivity contribution in [1.29, 1.82) is 0 Å². The highest BCUT2D eigenvalue weighted by Crippen LogP contribution is 2.19. The molecule has 7 heteroatoms. The third-order valence-corrected chi connectivity index (χ3v) is 2.91. The van der Waals surface area contributed by atoms with Gasteiger partial charge >= 0.3 is 5.97 Å². The Bertz CT molecular complexity index is 812. The summed E-state index contributed by atoms with van der Waals surface area (Å²) in [6, 6.07) is 7.07. The second-order valence-corrected chi connectivity index (χ2v) is 4.35. The number of carbonyl (C=O) groups is 1. The highest BCUT2D eigenvalue weighted by Gasteiger charge is 2.09. The molecule has 106 valence electrons. The quantitative estimate of drug-likeness (QED) is 0.733. The van der Waals surface area contributed by atoms with Gasteiger partial charge in [0.25, 0.3) is 0 Å². The number of benzene rings is 1. The van der Waals surface area contributed by atoms with Gasteiger partial charge in [-0.2, -0.15) is 4.98 Å². The maximum Gasteiger partial charge on any atom is 0.338 e. The predicted octanol–water partition coefficient (Wildman–Crippen LogP) is 1.55. The van der Waals surface area contributed by atoms with Crippen LogP contribution >= 0.6 is 0 Å². The van der Waals surface area contributed by atoms with Gasteiger partial charge in [-0.1, -0.05) is 12.1 Å². The van der Waals surface area contributed by atoms with Gasteiger partial charge in [-0.05, 0) is 19.1 Å². The molecule has 0 aliphatic heterocycles. The number of aromatic nitrogens is 4. The Kier molecular flexibility index (Phi) is 3.23. The van der Waals surface area contributed by atoms with E-state index in [0.29, 0.717) is 23.5 Å². The van der Waals surface area contributed by atoms with Gasteiger partial charge in [0.1, 0.15) is 0 Å². The molecule has 0 spiro atoms. The van der Waals surface area contributed by atoms with Crippen LogP contribution in [0, 0.1) is 0 Å². The summed E-state index contributed by atoms with van der Waals surface area (Å²) in [4.78, 5) is 20.1. The van der Waals surface area contributed by atoms with Crippen LogP contribution in [-0.4, -0.2) is 32.2 Å². The third-order valence-electron chi connectivity index (χ3n) is 2.91. The van der Waals surface area contributed by atoms with Crippen LogP contribution < -0.4 is 5.73 Å². The second kappa shape index (κ2) is 5.20. The van der Waals surface area contributed by atoms with Crippen molar-refractivity contribution in [3.05, 3.63) is 42.2 Å². The Morgan fingerprint density at radius 2 is 2.29 bits per heavy atom. The summed E-state index contributed by atoms with van der Waals surface area (Å²) in [7, 11) is 0. The number of hydrogen-bond acceptors (Lipinski definition) is 6. The normalized spacial score (nSPS) is 10.7. The zero-order chi connectivity index (χ0) is 14.8. The van der Waals surface area contributed by atoms with Crippen LogP contribution in [0.2, 0.25) is 0 Å². The number of esters is 1. The van der Waals surface area contributed by atoms with E-state index in [1.54, 1.807) is 42.0 Å². The Morgan fingerprint density at radius 3 is 3.10 bits per heavy atom. The smallest absolute Gasteiger partial charge is 0.338 e. The minimum absolute atomic E-state index is 0.189. The maximum atomic E-state index is 11.8. The van der Waals surface area contributed by atoms with Crippen molar-refractivity contribution in [1.82, 2.24) is 19.6 Å². The largest absolute Gasteiger partial charge is 0.462 e. The summed E-state index contributed by atoms with van der Waals surface area (Å²) < 4.78 is 6.54. The average molecular weight is 283 g/mol. The van der Waals surface area contributed by atoms with Gasteiger partial charge in [-0.15, -0.1) is 5.10 Å². The van der Waals surface area contributed by atoms with Crippen LogP contribution in [0.1, 0.15) is 17.3 Å². The molecular weight excluding hydrogens is 270 g/mol. The van der Waals surface area contributed by atoms with Crippen molar-refractivity contribution in [2.45, 2.75) is 6.92 Å². The molecule has 1 aromatic carbocycles. The maximum absolute atomic E-state index is 11.8. The number of nitrogen functional groups attached to an aromatic ring is 1. The predicted molar refractivity (Wildman–Crippen MR) is 76.6 cm³/mol. The molecule has 21 heavy (non-hydrogen) atoms. The van der Waals surface area contributed by atoms with E-state index in [-0.39, 0.29) is 11.9 Å². The molecule has 0 unspecified atom stereocenters. The van der Waals surface area contributed by atoms with Gasteiger partial charge in [0.05, 0.1) is 30.3 Å². The van der Waals surface area contributed by atoms with Crippen LogP contribution in [0.5, 0.6) is 0 Å². The molecule has 2 aromatic heterocycles. The molecule has 2 N–H and O–H groups in total. The number of rotatable bonds is 3. The van der Waals surface area contributed by atoms with Crippen molar-refractivity contribution in [3.8, 4) is 11.3 Å². The Hall–Kier alpha value is -2.96. The van der Waals surface area contributed by atoms with Crippen LogP contribution in [0.3, 0.4) is 0 Å². The van der Waals surface area contributed by atoms with Crippen LogP contribution in [0.15, 0.2) is 36.7 Å². The fourth-order valence-electron chi connectivity index (χ4n) is 1.98. The van der Waals surface area contributed by atoms with E-state index in [4.69, 9.17) is 10.5 Å². The minimum atomic E-state index is -0.356. The first-order chi connectivity index (χ1) is 10.2. The van der Waals surface area contributed by atoms with Crippen LogP contribution in [0.25, 0.3) is 16.9 Å². The molecule has 0 saturated heterocycles. The lowest BCUT2D eigenvalue weighted by atomic mass is 10.1. The van der Waals surface area contributed by atoms with Crippen molar-refractivity contribution >= 4 is 17.6 Å². The SMILES string of the molecule is CCOC(=O)c1cccc(-c2cn3nc(N)nc3cn2)c1. The number of ether oxygens (including phenoxy) is 1. The van der Waals surface area contributed by atoms with E-state index < -0.39 is 0 Å². The standard InChI is InChI=1S/C14H13N5O2/c1-2-21-13(20)10-5-3-4-9(6-10)11-8-19-12(7-16-11)17-14(15)18-19/h3-8H,2H2,1H3,(H2,15,18). The molecule has 3 rings (SSSR count). The van der Waals surface area contributed by atoms with Gasteiger partial charge in [0.15, 0.2) is 5.65 Å². The summed E-state index contributed by atoms with van der Waals surface area (Å²) >= 11 is 0. The molecule has 0 amide bonds. The summed E-state index contributed by atoms with van der Waals surface area (Å²) in [6.45, 7) is 2.11. The van der Waals surface area contributed by atoms with Gasteiger partial charge in [0.2, 0.25) is 5.95 Å². The lowest BCUT2D eigenvalue weighted by molar-refractivity contribution is 0.0526.